The summed E-state index contributed by atoms with van der Waals surface area (Å²) < 4.78 is 40.1. The highest BCUT2D eigenvalue weighted by molar-refractivity contribution is 6.04. The standard InChI is InChI=1S/C28H22F2N4O4/c1-37-18-8-7-17(24(10-18)38-2)13-34-14-23-27(28(34)36)22(33-25-9-6-16(15-35)12-31-25)11-21(32-23)26-19(29)4-3-5-20(26)30/h3-12,15H,13-14H2,1-2H3,(H,31,32,33). The number of aromatic nitrogens is 2. The average Bonchev–Trinajstić information content (AvgIpc) is 3.24. The molecule has 1 N–H and O–H groups in total. The number of rotatable bonds is 8. The van der Waals surface area contributed by atoms with Gasteiger partial charge in [-0.2, -0.15) is 0 Å². The van der Waals surface area contributed by atoms with E-state index in [-0.39, 0.29) is 41.5 Å². The van der Waals surface area contributed by atoms with E-state index in [0.717, 1.165) is 17.7 Å². The molecule has 38 heavy (non-hydrogen) atoms. The molecule has 0 fully saturated rings. The number of anilines is 2. The second-order valence-electron chi connectivity index (χ2n) is 8.53. The molecule has 0 saturated heterocycles. The molecule has 5 rings (SSSR count). The molecule has 0 saturated carbocycles. The monoisotopic (exact) mass is 516 g/mol. The maximum Gasteiger partial charge on any atom is 0.258 e. The SMILES string of the molecule is COc1ccc(CN2Cc3nc(-c4c(F)cccc4F)cc(Nc4ccc(C=O)cn4)c3C2=O)c(OC)c1. The van der Waals surface area contributed by atoms with Crippen molar-refractivity contribution in [3.8, 4) is 22.8 Å². The highest BCUT2D eigenvalue weighted by Crippen LogP contribution is 2.36. The third kappa shape index (κ3) is 4.63. The minimum Gasteiger partial charge on any atom is -0.497 e. The van der Waals surface area contributed by atoms with Gasteiger partial charge < -0.3 is 19.7 Å². The van der Waals surface area contributed by atoms with E-state index in [2.05, 4.69) is 15.3 Å². The largest absolute Gasteiger partial charge is 0.497 e. The summed E-state index contributed by atoms with van der Waals surface area (Å²) in [5, 5.41) is 3.06. The van der Waals surface area contributed by atoms with Crippen LogP contribution in [0.2, 0.25) is 0 Å². The normalized spacial score (nSPS) is 12.3. The Morgan fingerprint density at radius 1 is 1.03 bits per heavy atom. The lowest BCUT2D eigenvalue weighted by molar-refractivity contribution is 0.0765. The molecule has 4 aromatic rings. The molecule has 0 aliphatic carbocycles. The molecule has 8 nitrogen and oxygen atoms in total. The molecule has 0 spiro atoms. The van der Waals surface area contributed by atoms with Gasteiger partial charge in [0.25, 0.3) is 5.91 Å². The van der Waals surface area contributed by atoms with E-state index in [1.165, 1.54) is 25.4 Å². The van der Waals surface area contributed by atoms with Crippen molar-refractivity contribution in [2.45, 2.75) is 13.1 Å². The van der Waals surface area contributed by atoms with Crippen LogP contribution in [0.4, 0.5) is 20.3 Å². The van der Waals surface area contributed by atoms with Crippen LogP contribution in [0.1, 0.15) is 32.0 Å². The first-order valence-corrected chi connectivity index (χ1v) is 11.6. The minimum absolute atomic E-state index is 0.0306. The predicted molar refractivity (Wildman–Crippen MR) is 136 cm³/mol. The van der Waals surface area contributed by atoms with E-state index in [0.29, 0.717) is 34.9 Å². The molecule has 0 unspecified atom stereocenters. The summed E-state index contributed by atoms with van der Waals surface area (Å²) in [6, 6.07) is 13.4. The first kappa shape index (κ1) is 24.8. The molecular weight excluding hydrogens is 494 g/mol. The summed E-state index contributed by atoms with van der Waals surface area (Å²) in [4.78, 5) is 34.8. The lowest BCUT2D eigenvalue weighted by Crippen LogP contribution is -2.24. The number of nitrogens with one attached hydrogen (secondary N) is 1. The summed E-state index contributed by atoms with van der Waals surface area (Å²) in [5.41, 5.74) is 1.76. The molecule has 1 aliphatic heterocycles. The summed E-state index contributed by atoms with van der Waals surface area (Å²) in [7, 11) is 3.08. The Labute approximate surface area is 216 Å². The maximum absolute atomic E-state index is 14.7. The van der Waals surface area contributed by atoms with Crippen molar-refractivity contribution in [2.24, 2.45) is 0 Å². The van der Waals surface area contributed by atoms with Crippen molar-refractivity contribution in [1.82, 2.24) is 14.9 Å². The van der Waals surface area contributed by atoms with Crippen LogP contribution in [0, 0.1) is 11.6 Å². The summed E-state index contributed by atoms with van der Waals surface area (Å²) >= 11 is 0. The van der Waals surface area contributed by atoms with Crippen LogP contribution in [-0.2, 0) is 13.1 Å². The highest BCUT2D eigenvalue weighted by atomic mass is 19.1. The second kappa shape index (κ2) is 10.3. The number of fused-ring (bicyclic) bond motifs is 1. The Balaban J connectivity index is 1.56. The maximum atomic E-state index is 14.7. The zero-order valence-corrected chi connectivity index (χ0v) is 20.5. The van der Waals surface area contributed by atoms with Crippen LogP contribution in [0.25, 0.3) is 11.3 Å². The van der Waals surface area contributed by atoms with Gasteiger partial charge in [-0.1, -0.05) is 6.07 Å². The first-order valence-electron chi connectivity index (χ1n) is 11.6. The summed E-state index contributed by atoms with van der Waals surface area (Å²) in [6.45, 7) is 0.316. The van der Waals surface area contributed by atoms with E-state index in [1.54, 1.807) is 42.3 Å². The summed E-state index contributed by atoms with van der Waals surface area (Å²) in [5.74, 6) is -0.376. The zero-order valence-electron chi connectivity index (χ0n) is 20.5. The van der Waals surface area contributed by atoms with Crippen molar-refractivity contribution in [3.05, 3.63) is 94.8 Å². The first-order chi connectivity index (χ1) is 18.4. The van der Waals surface area contributed by atoms with Gasteiger partial charge in [0, 0.05) is 23.4 Å². The fraction of sp³-hybridized carbons (Fsp3) is 0.143. The van der Waals surface area contributed by atoms with Crippen molar-refractivity contribution in [1.29, 1.82) is 0 Å². The highest BCUT2D eigenvalue weighted by Gasteiger charge is 2.33. The van der Waals surface area contributed by atoms with Gasteiger partial charge in [-0.3, -0.25) is 9.59 Å². The number of hydrogen-bond acceptors (Lipinski definition) is 7. The van der Waals surface area contributed by atoms with Crippen molar-refractivity contribution < 1.29 is 27.8 Å². The number of pyridine rings is 2. The molecule has 1 aliphatic rings. The number of nitrogens with zero attached hydrogens (tertiary/aromatic N) is 3. The summed E-state index contributed by atoms with van der Waals surface area (Å²) in [6.07, 6.45) is 2.03. The van der Waals surface area contributed by atoms with Gasteiger partial charge in [0.2, 0.25) is 0 Å². The van der Waals surface area contributed by atoms with Gasteiger partial charge in [-0.25, -0.2) is 18.7 Å². The van der Waals surface area contributed by atoms with Gasteiger partial charge >= 0.3 is 0 Å². The third-order valence-corrected chi connectivity index (χ3v) is 6.20. The van der Waals surface area contributed by atoms with Crippen molar-refractivity contribution in [3.63, 3.8) is 0 Å². The van der Waals surface area contributed by atoms with Gasteiger partial charge in [0.15, 0.2) is 6.29 Å². The number of benzene rings is 2. The van der Waals surface area contributed by atoms with Gasteiger partial charge in [-0.05, 0) is 42.5 Å². The molecule has 3 heterocycles. The van der Waals surface area contributed by atoms with Crippen LogP contribution in [0.5, 0.6) is 11.5 Å². The predicted octanol–water partition coefficient (Wildman–Crippen LogP) is 5.15. The lowest BCUT2D eigenvalue weighted by atomic mass is 10.1. The quantitative estimate of drug-likeness (QED) is 0.324. The van der Waals surface area contributed by atoms with E-state index < -0.39 is 11.6 Å². The zero-order chi connectivity index (χ0) is 26.8. The second-order valence-corrected chi connectivity index (χ2v) is 8.53. The molecule has 1 amide bonds. The molecule has 0 bridgehead atoms. The van der Waals surface area contributed by atoms with Crippen molar-refractivity contribution >= 4 is 23.7 Å². The van der Waals surface area contributed by atoms with Crippen molar-refractivity contribution in [2.75, 3.05) is 19.5 Å². The fourth-order valence-electron chi connectivity index (χ4n) is 4.33. The van der Waals surface area contributed by atoms with E-state index >= 15 is 0 Å². The van der Waals surface area contributed by atoms with Crippen LogP contribution in [-0.4, -0.2) is 41.3 Å². The van der Waals surface area contributed by atoms with Crippen LogP contribution in [0.3, 0.4) is 0 Å². The fourth-order valence-corrected chi connectivity index (χ4v) is 4.33. The Bertz CT molecular complexity index is 1520. The molecule has 192 valence electrons. The van der Waals surface area contributed by atoms with E-state index in [4.69, 9.17) is 9.47 Å². The molecule has 0 radical (unpaired) electrons. The number of ether oxygens (including phenoxy) is 2. The lowest BCUT2D eigenvalue weighted by Gasteiger charge is -2.18. The topological polar surface area (TPSA) is 93.6 Å². The number of hydrogen-bond donors (Lipinski definition) is 1. The number of halogens is 2. The molecular formula is C28H22F2N4O4. The van der Waals surface area contributed by atoms with Gasteiger partial charge in [-0.15, -0.1) is 0 Å². The molecule has 10 heteroatoms. The Kier molecular flexibility index (Phi) is 6.69. The van der Waals surface area contributed by atoms with Crippen LogP contribution < -0.4 is 14.8 Å². The molecule has 2 aromatic carbocycles. The Morgan fingerprint density at radius 2 is 1.82 bits per heavy atom. The van der Waals surface area contributed by atoms with Crippen LogP contribution >= 0.6 is 0 Å². The molecule has 2 aromatic heterocycles. The number of aldehydes is 1. The molecule has 0 atom stereocenters. The number of methoxy groups -OCH3 is 2. The van der Waals surface area contributed by atoms with Gasteiger partial charge in [0.05, 0.1) is 55.5 Å². The Morgan fingerprint density at radius 3 is 2.47 bits per heavy atom. The Hall–Kier alpha value is -4.86. The van der Waals surface area contributed by atoms with E-state index in [9.17, 15) is 18.4 Å². The average molecular weight is 517 g/mol. The smallest absolute Gasteiger partial charge is 0.258 e. The third-order valence-electron chi connectivity index (χ3n) is 6.20. The van der Waals surface area contributed by atoms with Gasteiger partial charge in [0.1, 0.15) is 29.0 Å². The number of carbonyl (C=O) groups is 2. The van der Waals surface area contributed by atoms with E-state index in [1.807, 2.05) is 0 Å². The minimum atomic E-state index is -0.777. The number of carbonyl (C=O) groups excluding carboxylic acids is 2. The number of amides is 1. The van der Waals surface area contributed by atoms with Crippen LogP contribution in [0.15, 0.2) is 60.8 Å².